The van der Waals surface area contributed by atoms with Crippen molar-refractivity contribution < 1.29 is 19.1 Å². The third-order valence-corrected chi connectivity index (χ3v) is 6.33. The molecular weight excluding hydrogens is 396 g/mol. The number of morpholine rings is 1. The monoisotopic (exact) mass is 432 g/mol. The molecule has 2 aliphatic heterocycles. The van der Waals surface area contributed by atoms with Gasteiger partial charge in [0.25, 0.3) is 0 Å². The van der Waals surface area contributed by atoms with Crippen LogP contribution >= 0.6 is 0 Å². The Morgan fingerprint density at radius 3 is 2.74 bits per heavy atom. The summed E-state index contributed by atoms with van der Waals surface area (Å²) in [5.74, 6) is 1.47. The number of hydrogen-bond acceptors (Lipinski definition) is 5. The van der Waals surface area contributed by atoms with Crippen LogP contribution in [0.5, 0.6) is 5.75 Å². The highest BCUT2D eigenvalue weighted by Gasteiger charge is 2.31. The van der Waals surface area contributed by atoms with E-state index in [2.05, 4.69) is 22.5 Å². The van der Waals surface area contributed by atoms with E-state index in [9.17, 15) is 9.59 Å². The molecule has 3 rings (SSSR count). The number of methoxy groups -OCH3 is 1. The maximum absolute atomic E-state index is 12.7. The third-order valence-electron chi connectivity index (χ3n) is 6.33. The second-order valence-corrected chi connectivity index (χ2v) is 8.33. The van der Waals surface area contributed by atoms with Crippen molar-refractivity contribution in [3.05, 3.63) is 24.3 Å². The molecule has 2 unspecified atom stereocenters. The molecule has 0 spiro atoms. The number of carbonyl (C=O) groups is 2. The molecular formula is C23H36N4O4. The topological polar surface area (TPSA) is 83.1 Å². The van der Waals surface area contributed by atoms with Crippen LogP contribution in [0.4, 0.5) is 10.5 Å². The van der Waals surface area contributed by atoms with Crippen molar-refractivity contribution in [2.75, 3.05) is 64.9 Å². The van der Waals surface area contributed by atoms with Gasteiger partial charge in [-0.1, -0.05) is 19.4 Å². The first-order valence-electron chi connectivity index (χ1n) is 11.4. The summed E-state index contributed by atoms with van der Waals surface area (Å²) in [6.45, 7) is 8.44. The number of hydrogen-bond donors (Lipinski definition) is 2. The summed E-state index contributed by atoms with van der Waals surface area (Å²) in [5, 5.41) is 6.03. The van der Waals surface area contributed by atoms with Crippen LogP contribution in [0.2, 0.25) is 0 Å². The number of urea groups is 1. The Morgan fingerprint density at radius 1 is 1.19 bits per heavy atom. The maximum atomic E-state index is 12.7. The third kappa shape index (κ3) is 7.11. The zero-order valence-corrected chi connectivity index (χ0v) is 18.8. The fourth-order valence-corrected chi connectivity index (χ4v) is 4.39. The second kappa shape index (κ2) is 11.9. The molecule has 2 aliphatic rings. The van der Waals surface area contributed by atoms with E-state index in [0.29, 0.717) is 43.6 Å². The maximum Gasteiger partial charge on any atom is 0.321 e. The molecule has 2 saturated heterocycles. The summed E-state index contributed by atoms with van der Waals surface area (Å²) in [6, 6.07) is 7.27. The summed E-state index contributed by atoms with van der Waals surface area (Å²) < 4.78 is 10.6. The van der Waals surface area contributed by atoms with Gasteiger partial charge in [0.05, 0.1) is 20.3 Å². The average Bonchev–Trinajstić information content (AvgIpc) is 2.80. The van der Waals surface area contributed by atoms with Crippen LogP contribution in [-0.2, 0) is 9.53 Å². The van der Waals surface area contributed by atoms with E-state index in [-0.39, 0.29) is 11.9 Å². The van der Waals surface area contributed by atoms with Gasteiger partial charge in [-0.05, 0) is 30.4 Å². The molecule has 31 heavy (non-hydrogen) atoms. The minimum atomic E-state index is -0.0971. The van der Waals surface area contributed by atoms with Crippen molar-refractivity contribution in [2.24, 2.45) is 11.8 Å². The Kier molecular flexibility index (Phi) is 8.97. The molecule has 0 bridgehead atoms. The Morgan fingerprint density at radius 2 is 2.00 bits per heavy atom. The molecule has 1 aromatic carbocycles. The molecule has 2 N–H and O–H groups in total. The zero-order valence-electron chi connectivity index (χ0n) is 18.8. The summed E-state index contributed by atoms with van der Waals surface area (Å²) in [7, 11) is 1.61. The Bertz CT molecular complexity index is 723. The molecule has 8 heteroatoms. The van der Waals surface area contributed by atoms with Crippen LogP contribution in [0.15, 0.2) is 24.3 Å². The average molecular weight is 433 g/mol. The van der Waals surface area contributed by atoms with Gasteiger partial charge in [-0.3, -0.25) is 9.69 Å². The molecule has 0 radical (unpaired) electrons. The number of nitrogens with one attached hydrogen (secondary N) is 2. The number of benzene rings is 1. The van der Waals surface area contributed by atoms with Gasteiger partial charge in [-0.25, -0.2) is 4.79 Å². The summed E-state index contributed by atoms with van der Waals surface area (Å²) in [4.78, 5) is 29.4. The molecule has 0 aliphatic carbocycles. The molecule has 172 valence electrons. The minimum absolute atomic E-state index is 0.0971. The number of anilines is 1. The van der Waals surface area contributed by atoms with E-state index in [1.54, 1.807) is 7.11 Å². The molecule has 2 heterocycles. The number of carbonyl (C=O) groups excluding carboxylic acids is 2. The number of amides is 3. The quantitative estimate of drug-likeness (QED) is 0.659. The van der Waals surface area contributed by atoms with Gasteiger partial charge in [-0.2, -0.15) is 0 Å². The first kappa shape index (κ1) is 23.3. The van der Waals surface area contributed by atoms with Crippen molar-refractivity contribution in [3.63, 3.8) is 0 Å². The van der Waals surface area contributed by atoms with Crippen molar-refractivity contribution in [3.8, 4) is 5.75 Å². The van der Waals surface area contributed by atoms with Gasteiger partial charge >= 0.3 is 6.03 Å². The van der Waals surface area contributed by atoms with Gasteiger partial charge < -0.3 is 25.0 Å². The van der Waals surface area contributed by atoms with Crippen LogP contribution in [0.1, 0.15) is 26.2 Å². The Balaban J connectivity index is 1.42. The fourth-order valence-electron chi connectivity index (χ4n) is 4.39. The molecule has 1 aromatic rings. The Hall–Kier alpha value is -2.32. The first-order valence-corrected chi connectivity index (χ1v) is 11.4. The van der Waals surface area contributed by atoms with Crippen LogP contribution in [0, 0.1) is 11.8 Å². The minimum Gasteiger partial charge on any atom is -0.497 e. The van der Waals surface area contributed by atoms with Crippen LogP contribution in [0.25, 0.3) is 0 Å². The van der Waals surface area contributed by atoms with E-state index < -0.39 is 0 Å². The van der Waals surface area contributed by atoms with Crippen LogP contribution < -0.4 is 15.4 Å². The van der Waals surface area contributed by atoms with E-state index >= 15 is 0 Å². The number of ether oxygens (including phenoxy) is 2. The Labute approximate surface area is 185 Å². The predicted octanol–water partition coefficient (Wildman–Crippen LogP) is 2.41. The highest BCUT2D eigenvalue weighted by Crippen LogP contribution is 2.29. The van der Waals surface area contributed by atoms with E-state index in [4.69, 9.17) is 9.47 Å². The fraction of sp³-hybridized carbons (Fsp3) is 0.652. The van der Waals surface area contributed by atoms with Crippen LogP contribution in [0.3, 0.4) is 0 Å². The highest BCUT2D eigenvalue weighted by atomic mass is 16.5. The van der Waals surface area contributed by atoms with Crippen molar-refractivity contribution in [2.45, 2.75) is 26.2 Å². The second-order valence-electron chi connectivity index (χ2n) is 8.33. The number of likely N-dealkylation sites (tertiary alicyclic amines) is 1. The van der Waals surface area contributed by atoms with Crippen molar-refractivity contribution >= 4 is 17.6 Å². The van der Waals surface area contributed by atoms with Gasteiger partial charge in [0.15, 0.2) is 0 Å². The summed E-state index contributed by atoms with van der Waals surface area (Å²) in [5.41, 5.74) is 0.721. The van der Waals surface area contributed by atoms with E-state index in [1.165, 1.54) is 0 Å². The van der Waals surface area contributed by atoms with Gasteiger partial charge in [0.1, 0.15) is 5.75 Å². The lowest BCUT2D eigenvalue weighted by atomic mass is 9.81. The standard InChI is InChI=1S/C23H36N4O4/c1-3-18-17-27(23(29)25-20-5-4-6-21(16-20)30-2)9-7-19(18)15-22(28)24-8-10-26-11-13-31-14-12-26/h4-6,16,18-19H,3,7-15,17H2,1-2H3,(H,24,28)(H,25,29). The van der Waals surface area contributed by atoms with Crippen molar-refractivity contribution in [1.82, 2.24) is 15.1 Å². The lowest BCUT2D eigenvalue weighted by Crippen LogP contribution is -2.46. The van der Waals surface area contributed by atoms with Crippen LogP contribution in [-0.4, -0.2) is 81.3 Å². The van der Waals surface area contributed by atoms with Crippen molar-refractivity contribution in [1.29, 1.82) is 0 Å². The first-order chi connectivity index (χ1) is 15.1. The number of rotatable bonds is 8. The molecule has 2 atom stereocenters. The zero-order chi connectivity index (χ0) is 22.1. The SMILES string of the molecule is CCC1CN(C(=O)Nc2cccc(OC)c2)CCC1CC(=O)NCCN1CCOCC1. The normalized spacial score (nSPS) is 22.1. The summed E-state index contributed by atoms with van der Waals surface area (Å²) >= 11 is 0. The lowest BCUT2D eigenvalue weighted by Gasteiger charge is -2.38. The molecule has 3 amide bonds. The highest BCUT2D eigenvalue weighted by molar-refractivity contribution is 5.89. The summed E-state index contributed by atoms with van der Waals surface area (Å²) in [6.07, 6.45) is 2.34. The molecule has 0 aromatic heterocycles. The van der Waals surface area contributed by atoms with E-state index in [1.807, 2.05) is 29.2 Å². The smallest absolute Gasteiger partial charge is 0.321 e. The number of piperidine rings is 1. The largest absolute Gasteiger partial charge is 0.497 e. The molecule has 0 saturated carbocycles. The molecule has 8 nitrogen and oxygen atoms in total. The van der Waals surface area contributed by atoms with Gasteiger partial charge in [0.2, 0.25) is 5.91 Å². The lowest BCUT2D eigenvalue weighted by molar-refractivity contribution is -0.122. The predicted molar refractivity (Wildman–Crippen MR) is 120 cm³/mol. The van der Waals surface area contributed by atoms with E-state index in [0.717, 1.165) is 51.4 Å². The number of nitrogens with zero attached hydrogens (tertiary/aromatic N) is 2. The molecule has 2 fully saturated rings. The van der Waals surface area contributed by atoms with Gasteiger partial charge in [0, 0.05) is 57.4 Å². The van der Waals surface area contributed by atoms with Gasteiger partial charge in [-0.15, -0.1) is 0 Å².